The number of carbonyl (C=O) groups excluding carboxylic acids is 1. The van der Waals surface area contributed by atoms with Crippen molar-refractivity contribution < 1.29 is 9.18 Å². The summed E-state index contributed by atoms with van der Waals surface area (Å²) in [6.07, 6.45) is 0. The molecule has 4 rings (SSSR count). The fraction of sp³-hybridized carbons (Fsp3) is 0.292. The van der Waals surface area contributed by atoms with Crippen molar-refractivity contribution in [3.05, 3.63) is 87.6 Å². The lowest BCUT2D eigenvalue weighted by molar-refractivity contribution is 0.101. The standard InChI is InChI=1S/C24H26FN5O2/c1-17-14-22(31)23(27-30(17)21-9-4-3-8-20(21)25)24(32)26-19-7-5-6-18(15-19)16-29-12-10-28(2)11-13-29/h3-9,14-15H,10-13,16H2,1-2H3,(H,26,32). The number of likely N-dealkylation sites (N-methyl/N-ethyl adjacent to an activating group) is 1. The molecule has 8 heteroatoms. The van der Waals surface area contributed by atoms with E-state index >= 15 is 0 Å². The molecule has 1 aliphatic rings. The van der Waals surface area contributed by atoms with Crippen molar-refractivity contribution in [1.82, 2.24) is 19.6 Å². The van der Waals surface area contributed by atoms with Gasteiger partial charge in [-0.15, -0.1) is 0 Å². The molecule has 1 amide bonds. The first-order valence-electron chi connectivity index (χ1n) is 10.6. The molecule has 0 aliphatic carbocycles. The summed E-state index contributed by atoms with van der Waals surface area (Å²) in [7, 11) is 2.12. The largest absolute Gasteiger partial charge is 0.320 e. The predicted molar refractivity (Wildman–Crippen MR) is 122 cm³/mol. The Labute approximate surface area is 186 Å². The number of para-hydroxylation sites is 1. The average molecular weight is 436 g/mol. The number of hydrogen-bond acceptors (Lipinski definition) is 5. The Bertz CT molecular complexity index is 1190. The zero-order valence-electron chi connectivity index (χ0n) is 18.2. The molecule has 1 fully saturated rings. The molecule has 0 saturated carbocycles. The van der Waals surface area contributed by atoms with Crippen LogP contribution in [0.2, 0.25) is 0 Å². The van der Waals surface area contributed by atoms with E-state index in [1.165, 1.54) is 16.8 Å². The van der Waals surface area contributed by atoms with Gasteiger partial charge in [-0.05, 0) is 43.8 Å². The second-order valence-corrected chi connectivity index (χ2v) is 8.10. The molecule has 1 saturated heterocycles. The lowest BCUT2D eigenvalue weighted by Crippen LogP contribution is -2.43. The van der Waals surface area contributed by atoms with Crippen LogP contribution in [0.25, 0.3) is 5.69 Å². The third kappa shape index (κ3) is 4.92. The molecule has 1 N–H and O–H groups in total. The van der Waals surface area contributed by atoms with Gasteiger partial charge in [-0.25, -0.2) is 9.07 Å². The summed E-state index contributed by atoms with van der Waals surface area (Å²) >= 11 is 0. The van der Waals surface area contributed by atoms with Gasteiger partial charge < -0.3 is 10.2 Å². The van der Waals surface area contributed by atoms with Crippen molar-refractivity contribution in [2.24, 2.45) is 0 Å². The molecule has 0 radical (unpaired) electrons. The van der Waals surface area contributed by atoms with E-state index in [4.69, 9.17) is 0 Å². The molecule has 166 valence electrons. The molecular weight excluding hydrogens is 409 g/mol. The lowest BCUT2D eigenvalue weighted by Gasteiger charge is -2.32. The van der Waals surface area contributed by atoms with E-state index < -0.39 is 17.2 Å². The second kappa shape index (κ2) is 9.42. The molecule has 2 heterocycles. The monoisotopic (exact) mass is 435 g/mol. The molecule has 0 spiro atoms. The van der Waals surface area contributed by atoms with Crippen LogP contribution in [0.5, 0.6) is 0 Å². The Balaban J connectivity index is 1.54. The first kappa shape index (κ1) is 21.9. The molecule has 0 unspecified atom stereocenters. The van der Waals surface area contributed by atoms with Crippen molar-refractivity contribution in [1.29, 1.82) is 0 Å². The minimum atomic E-state index is -0.628. The summed E-state index contributed by atoms with van der Waals surface area (Å²) in [5.41, 5.74) is 1.47. The van der Waals surface area contributed by atoms with Crippen LogP contribution in [0, 0.1) is 12.7 Å². The van der Waals surface area contributed by atoms with Crippen LogP contribution in [-0.4, -0.2) is 58.7 Å². The first-order chi connectivity index (χ1) is 15.4. The number of halogens is 1. The summed E-state index contributed by atoms with van der Waals surface area (Å²) in [5, 5.41) is 6.92. The van der Waals surface area contributed by atoms with Gasteiger partial charge in [-0.1, -0.05) is 24.3 Å². The number of piperazine rings is 1. The van der Waals surface area contributed by atoms with Crippen molar-refractivity contribution in [2.75, 3.05) is 38.5 Å². The van der Waals surface area contributed by atoms with Crippen LogP contribution in [0.1, 0.15) is 21.7 Å². The quantitative estimate of drug-likeness (QED) is 0.667. The van der Waals surface area contributed by atoms with Crippen LogP contribution < -0.4 is 10.7 Å². The zero-order valence-corrected chi connectivity index (χ0v) is 18.2. The van der Waals surface area contributed by atoms with Crippen LogP contribution in [0.15, 0.2) is 59.4 Å². The predicted octanol–water partition coefficient (Wildman–Crippen LogP) is 2.68. The minimum Gasteiger partial charge on any atom is -0.320 e. The fourth-order valence-electron chi connectivity index (χ4n) is 3.77. The smallest absolute Gasteiger partial charge is 0.280 e. The number of nitrogens with one attached hydrogen (secondary N) is 1. The van der Waals surface area contributed by atoms with Gasteiger partial charge in [0.05, 0.1) is 0 Å². The van der Waals surface area contributed by atoms with Gasteiger partial charge in [-0.2, -0.15) is 5.10 Å². The maximum Gasteiger partial charge on any atom is 0.280 e. The second-order valence-electron chi connectivity index (χ2n) is 8.10. The van der Waals surface area contributed by atoms with Gasteiger partial charge in [0, 0.05) is 50.2 Å². The summed E-state index contributed by atoms with van der Waals surface area (Å²) in [4.78, 5) is 30.0. The van der Waals surface area contributed by atoms with Gasteiger partial charge in [0.1, 0.15) is 11.5 Å². The topological polar surface area (TPSA) is 70.5 Å². The third-order valence-electron chi connectivity index (χ3n) is 5.59. The molecule has 0 atom stereocenters. The average Bonchev–Trinajstić information content (AvgIpc) is 2.76. The molecule has 7 nitrogen and oxygen atoms in total. The molecular formula is C24H26FN5O2. The van der Waals surface area contributed by atoms with E-state index in [-0.39, 0.29) is 11.4 Å². The normalized spacial score (nSPS) is 15.0. The number of aromatic nitrogens is 2. The van der Waals surface area contributed by atoms with E-state index in [1.54, 1.807) is 31.2 Å². The van der Waals surface area contributed by atoms with Gasteiger partial charge in [-0.3, -0.25) is 14.5 Å². The first-order valence-corrected chi connectivity index (χ1v) is 10.6. The highest BCUT2D eigenvalue weighted by Crippen LogP contribution is 2.16. The lowest BCUT2D eigenvalue weighted by atomic mass is 10.1. The van der Waals surface area contributed by atoms with Gasteiger partial charge in [0.25, 0.3) is 5.91 Å². The Hall–Kier alpha value is -3.36. The molecule has 0 bridgehead atoms. The maximum atomic E-state index is 14.2. The number of aryl methyl sites for hydroxylation is 1. The minimum absolute atomic E-state index is 0.174. The number of carbonyl (C=O) groups is 1. The Kier molecular flexibility index (Phi) is 6.43. The number of benzene rings is 2. The number of hydrogen-bond donors (Lipinski definition) is 1. The molecule has 1 aromatic heterocycles. The van der Waals surface area contributed by atoms with Crippen molar-refractivity contribution in [3.8, 4) is 5.69 Å². The molecule has 2 aromatic carbocycles. The van der Waals surface area contributed by atoms with Gasteiger partial charge in [0.2, 0.25) is 5.43 Å². The van der Waals surface area contributed by atoms with Gasteiger partial charge in [0.15, 0.2) is 5.69 Å². The Morgan fingerprint density at radius 3 is 2.56 bits per heavy atom. The van der Waals surface area contributed by atoms with E-state index in [9.17, 15) is 14.0 Å². The van der Waals surface area contributed by atoms with E-state index in [2.05, 4.69) is 27.3 Å². The van der Waals surface area contributed by atoms with Crippen LogP contribution in [0.4, 0.5) is 10.1 Å². The van der Waals surface area contributed by atoms with Crippen molar-refractivity contribution in [3.63, 3.8) is 0 Å². The number of amides is 1. The number of rotatable bonds is 5. The summed E-state index contributed by atoms with van der Waals surface area (Å²) < 4.78 is 15.5. The Morgan fingerprint density at radius 1 is 1.06 bits per heavy atom. The molecule has 32 heavy (non-hydrogen) atoms. The van der Waals surface area contributed by atoms with Crippen LogP contribution in [-0.2, 0) is 6.54 Å². The summed E-state index contributed by atoms with van der Waals surface area (Å²) in [6, 6.07) is 14.9. The third-order valence-corrected chi connectivity index (χ3v) is 5.59. The summed E-state index contributed by atoms with van der Waals surface area (Å²) in [5.74, 6) is -1.12. The highest BCUT2D eigenvalue weighted by molar-refractivity contribution is 6.02. The van der Waals surface area contributed by atoms with E-state index in [0.29, 0.717) is 11.4 Å². The van der Waals surface area contributed by atoms with E-state index in [1.807, 2.05) is 18.2 Å². The maximum absolute atomic E-state index is 14.2. The molecule has 1 aliphatic heterocycles. The molecule has 3 aromatic rings. The van der Waals surface area contributed by atoms with E-state index in [0.717, 1.165) is 38.3 Å². The zero-order chi connectivity index (χ0) is 22.7. The van der Waals surface area contributed by atoms with Crippen LogP contribution >= 0.6 is 0 Å². The highest BCUT2D eigenvalue weighted by Gasteiger charge is 2.18. The highest BCUT2D eigenvalue weighted by atomic mass is 19.1. The fourth-order valence-corrected chi connectivity index (χ4v) is 3.77. The number of nitrogens with zero attached hydrogens (tertiary/aromatic N) is 4. The van der Waals surface area contributed by atoms with Crippen molar-refractivity contribution >= 4 is 11.6 Å². The SMILES string of the molecule is Cc1cc(=O)c(C(=O)Nc2cccc(CN3CCN(C)CC3)c2)nn1-c1ccccc1F. The summed E-state index contributed by atoms with van der Waals surface area (Å²) in [6.45, 7) is 6.49. The van der Waals surface area contributed by atoms with Crippen molar-refractivity contribution in [2.45, 2.75) is 13.5 Å². The van der Waals surface area contributed by atoms with Gasteiger partial charge >= 0.3 is 0 Å². The Morgan fingerprint density at radius 2 is 1.81 bits per heavy atom. The number of anilines is 1. The van der Waals surface area contributed by atoms with Crippen LogP contribution in [0.3, 0.4) is 0 Å².